The lowest BCUT2D eigenvalue weighted by Crippen LogP contribution is -2.57. The van der Waals surface area contributed by atoms with Gasteiger partial charge < -0.3 is 0 Å². The number of rotatable bonds is 4. The molecule has 0 saturated carbocycles. The first-order valence-corrected chi connectivity index (χ1v) is 8.44. The first-order chi connectivity index (χ1) is 11.8. The molecule has 0 saturated heterocycles. The van der Waals surface area contributed by atoms with Crippen molar-refractivity contribution in [2.24, 2.45) is 0 Å². The molecule has 26 heavy (non-hydrogen) atoms. The fourth-order valence-corrected chi connectivity index (χ4v) is 3.57. The Balaban J connectivity index is 2.79. The first kappa shape index (κ1) is 20.2. The molecule has 0 N–H and O–H groups in total. The number of benzene rings is 2. The molecule has 0 aliphatic heterocycles. The zero-order valence-corrected chi connectivity index (χ0v) is 13.9. The fraction of sp³-hybridized carbons (Fsp3) is 0.250. The van der Waals surface area contributed by atoms with Gasteiger partial charge in [0.2, 0.25) is 0 Å². The first-order valence-electron chi connectivity index (χ1n) is 7.03. The minimum atomic E-state index is -6.10. The molecule has 0 bridgehead atoms. The molecule has 0 radical (unpaired) electrons. The summed E-state index contributed by atoms with van der Waals surface area (Å²) >= 11 is 0. The van der Waals surface area contributed by atoms with E-state index in [4.69, 9.17) is 0 Å². The van der Waals surface area contributed by atoms with Crippen LogP contribution >= 0.6 is 0 Å². The highest BCUT2D eigenvalue weighted by atomic mass is 32.2. The standard InChI is InChI=1S/C16H12F6O3S/c1-11-7-5-6-10-13(11)14(15(17,18)19,16(20,21)22)25-26(23,24)12-8-3-2-4-9-12/h2-10H,1H3. The molecule has 0 heterocycles. The summed E-state index contributed by atoms with van der Waals surface area (Å²) in [5.74, 6) is 0. The third kappa shape index (κ3) is 3.43. The monoisotopic (exact) mass is 398 g/mol. The van der Waals surface area contributed by atoms with Gasteiger partial charge in [0, 0.05) is 5.56 Å². The second-order valence-corrected chi connectivity index (χ2v) is 6.89. The molecule has 0 unspecified atom stereocenters. The maximum absolute atomic E-state index is 13.7. The van der Waals surface area contributed by atoms with Gasteiger partial charge in [0.05, 0.1) is 4.90 Å². The highest BCUT2D eigenvalue weighted by Gasteiger charge is 2.75. The molecule has 2 rings (SSSR count). The molecule has 142 valence electrons. The summed E-state index contributed by atoms with van der Waals surface area (Å²) in [5, 5.41) is 0. The molecule has 0 spiro atoms. The van der Waals surface area contributed by atoms with Crippen molar-refractivity contribution < 1.29 is 38.9 Å². The lowest BCUT2D eigenvalue weighted by molar-refractivity contribution is -0.364. The number of halogens is 6. The molecule has 0 aromatic heterocycles. The van der Waals surface area contributed by atoms with E-state index in [1.165, 1.54) is 12.1 Å². The van der Waals surface area contributed by atoms with Gasteiger partial charge in [0.15, 0.2) is 0 Å². The molecule has 10 heteroatoms. The highest BCUT2D eigenvalue weighted by molar-refractivity contribution is 7.86. The van der Waals surface area contributed by atoms with Crippen LogP contribution in [-0.2, 0) is 19.9 Å². The molecule has 0 aliphatic carbocycles. The van der Waals surface area contributed by atoms with Crippen LogP contribution in [0.5, 0.6) is 0 Å². The van der Waals surface area contributed by atoms with Gasteiger partial charge in [-0.05, 0) is 24.6 Å². The van der Waals surface area contributed by atoms with Crippen LogP contribution in [0, 0.1) is 6.92 Å². The SMILES string of the molecule is Cc1ccccc1C(OS(=O)(=O)c1ccccc1)(C(F)(F)F)C(F)(F)F. The molecule has 0 aliphatic rings. The fourth-order valence-electron chi connectivity index (χ4n) is 2.37. The second-order valence-electron chi connectivity index (χ2n) is 5.34. The largest absolute Gasteiger partial charge is 0.432 e. The topological polar surface area (TPSA) is 43.4 Å². The zero-order valence-electron chi connectivity index (χ0n) is 13.1. The van der Waals surface area contributed by atoms with E-state index in [0.29, 0.717) is 6.07 Å². The van der Waals surface area contributed by atoms with Gasteiger partial charge >= 0.3 is 18.0 Å². The van der Waals surface area contributed by atoms with Crippen molar-refractivity contribution in [3.63, 3.8) is 0 Å². The Hall–Kier alpha value is -2.07. The van der Waals surface area contributed by atoms with Crippen molar-refractivity contribution in [2.45, 2.75) is 29.8 Å². The predicted octanol–water partition coefficient (Wildman–Crippen LogP) is 4.72. The van der Waals surface area contributed by atoms with Gasteiger partial charge in [0.25, 0.3) is 10.1 Å². The Kier molecular flexibility index (Phi) is 5.13. The van der Waals surface area contributed by atoms with E-state index in [1.54, 1.807) is 0 Å². The highest BCUT2D eigenvalue weighted by Crippen LogP contribution is 2.54. The average molecular weight is 398 g/mol. The third-order valence-corrected chi connectivity index (χ3v) is 4.91. The van der Waals surface area contributed by atoms with Crippen molar-refractivity contribution in [3.8, 4) is 0 Å². The van der Waals surface area contributed by atoms with E-state index in [1.807, 2.05) is 0 Å². The molecular formula is C16H12F6O3S. The van der Waals surface area contributed by atoms with Gasteiger partial charge in [-0.2, -0.15) is 34.8 Å². The van der Waals surface area contributed by atoms with Gasteiger partial charge in [-0.1, -0.05) is 42.5 Å². The van der Waals surface area contributed by atoms with Gasteiger partial charge in [-0.25, -0.2) is 4.18 Å². The van der Waals surface area contributed by atoms with Gasteiger partial charge in [-0.15, -0.1) is 0 Å². The quantitative estimate of drug-likeness (QED) is 0.553. The predicted molar refractivity (Wildman–Crippen MR) is 79.7 cm³/mol. The van der Waals surface area contributed by atoms with E-state index < -0.39 is 44.1 Å². The summed E-state index contributed by atoms with van der Waals surface area (Å²) in [7, 11) is -5.39. The Morgan fingerprint density at radius 2 is 1.23 bits per heavy atom. The third-order valence-electron chi connectivity index (χ3n) is 3.59. The number of hydrogen-bond donors (Lipinski definition) is 0. The van der Waals surface area contributed by atoms with Crippen LogP contribution in [0.1, 0.15) is 11.1 Å². The summed E-state index contributed by atoms with van der Waals surface area (Å²) in [4.78, 5) is -0.827. The van der Waals surface area contributed by atoms with Gasteiger partial charge in [0.1, 0.15) is 0 Å². The second kappa shape index (κ2) is 6.58. The van der Waals surface area contributed by atoms with E-state index in [-0.39, 0.29) is 0 Å². The van der Waals surface area contributed by atoms with Crippen LogP contribution in [0.4, 0.5) is 26.3 Å². The molecule has 2 aromatic carbocycles. The summed E-state index contributed by atoms with van der Waals surface area (Å²) in [6.07, 6.45) is -12.2. The lowest BCUT2D eigenvalue weighted by atomic mass is 9.89. The maximum atomic E-state index is 13.7. The molecule has 0 amide bonds. The van der Waals surface area contributed by atoms with Crippen molar-refractivity contribution in [3.05, 3.63) is 65.7 Å². The molecule has 3 nitrogen and oxygen atoms in total. The van der Waals surface area contributed by atoms with Crippen molar-refractivity contribution in [1.82, 2.24) is 0 Å². The minimum absolute atomic E-state index is 0.426. The van der Waals surface area contributed by atoms with E-state index in [2.05, 4.69) is 4.18 Å². The minimum Gasteiger partial charge on any atom is -0.235 e. The Morgan fingerprint density at radius 3 is 1.69 bits per heavy atom. The van der Waals surface area contributed by atoms with Crippen molar-refractivity contribution >= 4 is 10.1 Å². The normalized spacial score (nSPS) is 13.7. The number of hydrogen-bond acceptors (Lipinski definition) is 3. The summed E-state index contributed by atoms with van der Waals surface area (Å²) in [6, 6.07) is 9.02. The number of alkyl halides is 6. The summed E-state index contributed by atoms with van der Waals surface area (Å²) in [6.45, 7) is 1.00. The molecule has 0 fully saturated rings. The zero-order chi connectivity index (χ0) is 19.8. The van der Waals surface area contributed by atoms with Gasteiger partial charge in [-0.3, -0.25) is 0 Å². The average Bonchev–Trinajstić information content (AvgIpc) is 2.52. The van der Waals surface area contributed by atoms with Crippen LogP contribution in [0.2, 0.25) is 0 Å². The van der Waals surface area contributed by atoms with Crippen LogP contribution in [0.3, 0.4) is 0 Å². The van der Waals surface area contributed by atoms with E-state index in [0.717, 1.165) is 43.3 Å². The van der Waals surface area contributed by atoms with Crippen LogP contribution < -0.4 is 0 Å². The maximum Gasteiger partial charge on any atom is 0.432 e. The van der Waals surface area contributed by atoms with E-state index >= 15 is 0 Å². The lowest BCUT2D eigenvalue weighted by Gasteiger charge is -2.37. The van der Waals surface area contributed by atoms with Crippen molar-refractivity contribution in [2.75, 3.05) is 0 Å². The Morgan fingerprint density at radius 1 is 0.769 bits per heavy atom. The van der Waals surface area contributed by atoms with E-state index in [9.17, 15) is 34.8 Å². The Bertz CT molecular complexity index is 859. The van der Waals surface area contributed by atoms with Crippen LogP contribution in [-0.4, -0.2) is 20.8 Å². The molecule has 2 aromatic rings. The van der Waals surface area contributed by atoms with Crippen molar-refractivity contribution in [1.29, 1.82) is 0 Å². The number of aryl methyl sites for hydroxylation is 1. The summed E-state index contributed by atoms with van der Waals surface area (Å²) in [5.41, 5.74) is -6.81. The van der Waals surface area contributed by atoms with Crippen LogP contribution in [0.25, 0.3) is 0 Å². The summed E-state index contributed by atoms with van der Waals surface area (Å²) < 4.78 is 110. The van der Waals surface area contributed by atoms with Crippen LogP contribution in [0.15, 0.2) is 59.5 Å². The molecule has 0 atom stereocenters. The Labute approximate surface area is 145 Å². The smallest absolute Gasteiger partial charge is 0.235 e. The molecular weight excluding hydrogens is 386 g/mol.